The molecule has 0 aromatic rings. The Labute approximate surface area is 66.1 Å². The van der Waals surface area contributed by atoms with Gasteiger partial charge < -0.3 is 15.8 Å². The van der Waals surface area contributed by atoms with Crippen molar-refractivity contribution >= 4 is 6.03 Å². The summed E-state index contributed by atoms with van der Waals surface area (Å²) in [4.78, 5) is 10.2. The number of urea groups is 1. The lowest BCUT2D eigenvalue weighted by Gasteiger charge is -2.10. The molecule has 1 fully saturated rings. The molecule has 2 amide bonds. The van der Waals surface area contributed by atoms with Gasteiger partial charge in [0.05, 0.1) is 6.10 Å². The van der Waals surface area contributed by atoms with Crippen LogP contribution in [0.2, 0.25) is 0 Å². The third-order valence-corrected chi connectivity index (χ3v) is 1.87. The van der Waals surface area contributed by atoms with Crippen LogP contribution in [0.15, 0.2) is 0 Å². The Hall–Kier alpha value is -0.770. The molecule has 0 radical (unpaired) electrons. The number of ether oxygens (including phenoxy) is 1. The SMILES string of the molecule is NC(=O)NCOC1CCCC1. The highest BCUT2D eigenvalue weighted by atomic mass is 16.5. The van der Waals surface area contributed by atoms with Crippen molar-refractivity contribution in [2.24, 2.45) is 5.73 Å². The van der Waals surface area contributed by atoms with E-state index in [0.29, 0.717) is 6.10 Å². The Bertz CT molecular complexity index is 132. The van der Waals surface area contributed by atoms with Gasteiger partial charge in [-0.15, -0.1) is 0 Å². The molecular weight excluding hydrogens is 144 g/mol. The molecule has 0 spiro atoms. The second-order valence-corrected chi connectivity index (χ2v) is 2.76. The summed E-state index contributed by atoms with van der Waals surface area (Å²) in [5, 5.41) is 2.39. The van der Waals surface area contributed by atoms with E-state index in [1.807, 2.05) is 0 Å². The lowest BCUT2D eigenvalue weighted by atomic mass is 10.3. The highest BCUT2D eigenvalue weighted by Crippen LogP contribution is 2.20. The van der Waals surface area contributed by atoms with E-state index in [4.69, 9.17) is 10.5 Å². The molecule has 3 N–H and O–H groups in total. The average molecular weight is 158 g/mol. The number of primary amides is 1. The average Bonchev–Trinajstić information content (AvgIpc) is 2.39. The summed E-state index contributed by atoms with van der Waals surface area (Å²) in [5.41, 5.74) is 4.85. The van der Waals surface area contributed by atoms with Gasteiger partial charge in [0.1, 0.15) is 6.73 Å². The smallest absolute Gasteiger partial charge is 0.313 e. The minimum Gasteiger partial charge on any atom is -0.358 e. The van der Waals surface area contributed by atoms with Crippen molar-refractivity contribution in [1.29, 1.82) is 0 Å². The quantitative estimate of drug-likeness (QED) is 0.590. The Morgan fingerprint density at radius 3 is 2.73 bits per heavy atom. The Balaban J connectivity index is 1.98. The maximum atomic E-state index is 10.2. The standard InChI is InChI=1S/C7H14N2O2/c8-7(10)9-5-11-6-3-1-2-4-6/h6H,1-5H2,(H3,8,9,10). The summed E-state index contributed by atoms with van der Waals surface area (Å²) in [6.45, 7) is 0.250. The maximum absolute atomic E-state index is 10.2. The van der Waals surface area contributed by atoms with Gasteiger partial charge in [-0.2, -0.15) is 0 Å². The van der Waals surface area contributed by atoms with Crippen LogP contribution in [-0.2, 0) is 4.74 Å². The molecule has 1 rings (SSSR count). The number of carbonyl (C=O) groups is 1. The van der Waals surface area contributed by atoms with Crippen LogP contribution in [-0.4, -0.2) is 18.9 Å². The van der Waals surface area contributed by atoms with Crippen LogP contribution in [0.5, 0.6) is 0 Å². The van der Waals surface area contributed by atoms with Gasteiger partial charge in [0.2, 0.25) is 0 Å². The third-order valence-electron chi connectivity index (χ3n) is 1.87. The highest BCUT2D eigenvalue weighted by Gasteiger charge is 2.14. The molecule has 0 aromatic heterocycles. The van der Waals surface area contributed by atoms with E-state index in [1.54, 1.807) is 0 Å². The van der Waals surface area contributed by atoms with Gasteiger partial charge in [0, 0.05) is 0 Å². The second-order valence-electron chi connectivity index (χ2n) is 2.76. The largest absolute Gasteiger partial charge is 0.358 e. The van der Waals surface area contributed by atoms with Crippen LogP contribution in [0.1, 0.15) is 25.7 Å². The zero-order valence-electron chi connectivity index (χ0n) is 6.51. The van der Waals surface area contributed by atoms with Crippen molar-refractivity contribution in [2.75, 3.05) is 6.73 Å². The van der Waals surface area contributed by atoms with Gasteiger partial charge in [-0.05, 0) is 12.8 Å². The minimum atomic E-state index is -0.525. The molecule has 11 heavy (non-hydrogen) atoms. The highest BCUT2D eigenvalue weighted by molar-refractivity contribution is 5.71. The van der Waals surface area contributed by atoms with E-state index in [1.165, 1.54) is 12.8 Å². The molecule has 0 aromatic carbocycles. The Morgan fingerprint density at radius 1 is 1.55 bits per heavy atom. The summed E-state index contributed by atoms with van der Waals surface area (Å²) in [7, 11) is 0. The molecule has 0 unspecified atom stereocenters. The molecule has 0 heterocycles. The van der Waals surface area contributed by atoms with Gasteiger partial charge in [-0.1, -0.05) is 12.8 Å². The van der Waals surface area contributed by atoms with Gasteiger partial charge in [-0.3, -0.25) is 0 Å². The molecule has 0 atom stereocenters. The van der Waals surface area contributed by atoms with Crippen molar-refractivity contribution in [2.45, 2.75) is 31.8 Å². The fourth-order valence-corrected chi connectivity index (χ4v) is 1.29. The summed E-state index contributed by atoms with van der Waals surface area (Å²) in [6.07, 6.45) is 5.03. The topological polar surface area (TPSA) is 64.4 Å². The first kappa shape index (κ1) is 8.33. The zero-order valence-corrected chi connectivity index (χ0v) is 6.51. The first-order chi connectivity index (χ1) is 5.29. The maximum Gasteiger partial charge on any atom is 0.313 e. The summed E-state index contributed by atoms with van der Waals surface area (Å²) in [5.74, 6) is 0. The normalized spacial score (nSPS) is 18.5. The van der Waals surface area contributed by atoms with Crippen molar-refractivity contribution in [3.63, 3.8) is 0 Å². The number of carbonyl (C=O) groups excluding carboxylic acids is 1. The first-order valence-corrected chi connectivity index (χ1v) is 3.94. The summed E-state index contributed by atoms with van der Waals surface area (Å²) < 4.78 is 5.30. The van der Waals surface area contributed by atoms with Crippen LogP contribution in [0, 0.1) is 0 Å². The van der Waals surface area contributed by atoms with E-state index in [0.717, 1.165) is 12.8 Å². The van der Waals surface area contributed by atoms with Crippen molar-refractivity contribution < 1.29 is 9.53 Å². The molecule has 1 aliphatic rings. The van der Waals surface area contributed by atoms with Gasteiger partial charge in [-0.25, -0.2) is 4.79 Å². The summed E-state index contributed by atoms with van der Waals surface area (Å²) >= 11 is 0. The van der Waals surface area contributed by atoms with E-state index < -0.39 is 6.03 Å². The predicted octanol–water partition coefficient (Wildman–Crippen LogP) is 0.571. The van der Waals surface area contributed by atoms with E-state index in [9.17, 15) is 4.79 Å². The van der Waals surface area contributed by atoms with Gasteiger partial charge in [0.25, 0.3) is 0 Å². The number of hydrogen-bond donors (Lipinski definition) is 2. The van der Waals surface area contributed by atoms with Gasteiger partial charge in [0.15, 0.2) is 0 Å². The molecule has 4 heteroatoms. The summed E-state index contributed by atoms with van der Waals surface area (Å²) in [6, 6.07) is -0.525. The Morgan fingerprint density at radius 2 is 2.18 bits per heavy atom. The molecule has 64 valence electrons. The van der Waals surface area contributed by atoms with Crippen LogP contribution in [0.25, 0.3) is 0 Å². The second kappa shape index (κ2) is 4.18. The number of nitrogens with one attached hydrogen (secondary N) is 1. The predicted molar refractivity (Wildman–Crippen MR) is 40.9 cm³/mol. The zero-order chi connectivity index (χ0) is 8.10. The number of hydrogen-bond acceptors (Lipinski definition) is 2. The molecule has 4 nitrogen and oxygen atoms in total. The monoisotopic (exact) mass is 158 g/mol. The van der Waals surface area contributed by atoms with Crippen molar-refractivity contribution in [3.8, 4) is 0 Å². The van der Waals surface area contributed by atoms with Gasteiger partial charge >= 0.3 is 6.03 Å². The van der Waals surface area contributed by atoms with Crippen molar-refractivity contribution in [3.05, 3.63) is 0 Å². The molecular formula is C7H14N2O2. The Kier molecular flexibility index (Phi) is 3.16. The molecule has 1 aliphatic carbocycles. The molecule has 0 saturated heterocycles. The third kappa shape index (κ3) is 3.23. The van der Waals surface area contributed by atoms with E-state index in [-0.39, 0.29) is 6.73 Å². The fourth-order valence-electron chi connectivity index (χ4n) is 1.29. The number of nitrogens with two attached hydrogens (primary N) is 1. The van der Waals surface area contributed by atoms with Crippen LogP contribution < -0.4 is 11.1 Å². The number of rotatable bonds is 3. The minimum absolute atomic E-state index is 0.250. The van der Waals surface area contributed by atoms with Crippen LogP contribution in [0.3, 0.4) is 0 Å². The van der Waals surface area contributed by atoms with Crippen LogP contribution >= 0.6 is 0 Å². The lowest BCUT2D eigenvalue weighted by molar-refractivity contribution is 0.0507. The van der Waals surface area contributed by atoms with E-state index >= 15 is 0 Å². The first-order valence-electron chi connectivity index (χ1n) is 3.94. The number of amides is 2. The van der Waals surface area contributed by atoms with Crippen molar-refractivity contribution in [1.82, 2.24) is 5.32 Å². The lowest BCUT2D eigenvalue weighted by Crippen LogP contribution is -2.32. The molecule has 0 aliphatic heterocycles. The van der Waals surface area contributed by atoms with E-state index in [2.05, 4.69) is 5.32 Å². The molecule has 1 saturated carbocycles. The molecule has 0 bridgehead atoms. The van der Waals surface area contributed by atoms with Crippen LogP contribution in [0.4, 0.5) is 4.79 Å². The fraction of sp³-hybridized carbons (Fsp3) is 0.857.